The van der Waals surface area contributed by atoms with Gasteiger partial charge >= 0.3 is 51.4 Å². The summed E-state index contributed by atoms with van der Waals surface area (Å²) in [4.78, 5) is 2.11. The fourth-order valence-electron chi connectivity index (χ4n) is 1.04. The Bertz CT molecular complexity index is 318. The topological polar surface area (TPSA) is 3.24 Å². The predicted octanol–water partition coefficient (Wildman–Crippen LogP) is -1.06. The summed E-state index contributed by atoms with van der Waals surface area (Å²) < 4.78 is 25.9. The number of rotatable bonds is 2. The van der Waals surface area contributed by atoms with Crippen molar-refractivity contribution in [2.75, 3.05) is 14.1 Å². The second-order valence-electron chi connectivity index (χ2n) is 3.08. The van der Waals surface area contributed by atoms with Gasteiger partial charge in [0.2, 0.25) is 0 Å². The Morgan fingerprint density at radius 3 is 2.36 bits per heavy atom. The molecule has 0 atom stereocenters. The Balaban J connectivity index is 0.00000169. The molecule has 1 nitrogen and oxygen atoms in total. The van der Waals surface area contributed by atoms with Gasteiger partial charge in [-0.1, -0.05) is 6.07 Å². The van der Waals surface area contributed by atoms with E-state index in [1.807, 2.05) is 0 Å². The fourth-order valence-corrected chi connectivity index (χ4v) is 1.26. The van der Waals surface area contributed by atoms with E-state index in [4.69, 9.17) is 12.6 Å². The van der Waals surface area contributed by atoms with E-state index >= 15 is 0 Å². The van der Waals surface area contributed by atoms with Crippen LogP contribution in [0, 0.1) is 11.6 Å². The molecule has 0 fully saturated rings. The first kappa shape index (κ1) is 14.9. The van der Waals surface area contributed by atoms with E-state index in [-0.39, 0.29) is 56.9 Å². The number of benzene rings is 1. The number of hydrogen-bond donors (Lipinski definition) is 0. The molecular formula is C9H10F2KNS. The van der Waals surface area contributed by atoms with Crippen LogP contribution in [0.4, 0.5) is 8.78 Å². The monoisotopic (exact) mass is 241 g/mol. The van der Waals surface area contributed by atoms with Crippen molar-refractivity contribution in [2.24, 2.45) is 0 Å². The average molecular weight is 241 g/mol. The zero-order valence-corrected chi connectivity index (χ0v) is 12.4. The molecule has 0 unspecified atom stereocenters. The van der Waals surface area contributed by atoms with Crippen molar-refractivity contribution < 1.29 is 60.2 Å². The summed E-state index contributed by atoms with van der Waals surface area (Å²) in [5.41, 5.74) is 0.250. The summed E-state index contributed by atoms with van der Waals surface area (Å²) in [6.45, 7) is 0.322. The van der Waals surface area contributed by atoms with Gasteiger partial charge in [-0.2, -0.15) is 4.90 Å². The van der Waals surface area contributed by atoms with Crippen LogP contribution < -0.4 is 51.4 Å². The molecule has 0 aromatic heterocycles. The van der Waals surface area contributed by atoms with E-state index in [1.165, 1.54) is 6.07 Å². The zero-order valence-electron chi connectivity index (χ0n) is 8.47. The molecule has 0 heterocycles. The quantitative estimate of drug-likeness (QED) is 0.479. The van der Waals surface area contributed by atoms with Gasteiger partial charge in [0.1, 0.15) is 0 Å². The summed E-state index contributed by atoms with van der Waals surface area (Å²) in [5.74, 6) is -1.67. The van der Waals surface area contributed by atoms with Gasteiger partial charge in [-0.25, -0.2) is 8.78 Å². The summed E-state index contributed by atoms with van der Waals surface area (Å²) in [5, 5.41) is 0. The normalized spacial score (nSPS) is 10.1. The first-order chi connectivity index (χ1) is 6.02. The number of halogens is 2. The summed E-state index contributed by atoms with van der Waals surface area (Å²) in [7, 11) is 3.55. The third-order valence-corrected chi connectivity index (χ3v) is 2.01. The molecule has 0 aliphatic rings. The molecule has 0 bridgehead atoms. The van der Waals surface area contributed by atoms with Crippen molar-refractivity contribution in [3.8, 4) is 0 Å². The van der Waals surface area contributed by atoms with Crippen LogP contribution >= 0.6 is 0 Å². The molecule has 0 amide bonds. The van der Waals surface area contributed by atoms with Crippen LogP contribution in [-0.2, 0) is 19.2 Å². The van der Waals surface area contributed by atoms with Gasteiger partial charge in [0.15, 0.2) is 11.6 Å². The van der Waals surface area contributed by atoms with Crippen molar-refractivity contribution in [1.82, 2.24) is 4.90 Å². The van der Waals surface area contributed by atoms with Crippen LogP contribution in [0.2, 0.25) is 0 Å². The molecule has 0 aliphatic carbocycles. The number of nitrogens with zero attached hydrogens (tertiary/aromatic N) is 1. The first-order valence-corrected chi connectivity index (χ1v) is 4.22. The van der Waals surface area contributed by atoms with Gasteiger partial charge in [-0.3, -0.25) is 0 Å². The second kappa shape index (κ2) is 6.47. The van der Waals surface area contributed by atoms with Gasteiger partial charge in [0.05, 0.1) is 0 Å². The minimum atomic E-state index is -0.842. The molecule has 0 saturated heterocycles. The second-order valence-corrected chi connectivity index (χ2v) is 3.52. The average Bonchev–Trinajstić information content (AvgIpc) is 2.05. The van der Waals surface area contributed by atoms with Crippen LogP contribution in [0.25, 0.3) is 0 Å². The molecule has 0 N–H and O–H groups in total. The van der Waals surface area contributed by atoms with Crippen molar-refractivity contribution in [2.45, 2.75) is 11.4 Å². The van der Waals surface area contributed by atoms with E-state index in [2.05, 4.69) is 0 Å². The largest absolute Gasteiger partial charge is 1.00 e. The van der Waals surface area contributed by atoms with Crippen molar-refractivity contribution in [1.29, 1.82) is 0 Å². The summed E-state index contributed by atoms with van der Waals surface area (Å²) >= 11 is 4.88. The van der Waals surface area contributed by atoms with Crippen LogP contribution in [0.1, 0.15) is 5.56 Å². The maximum atomic E-state index is 13.2. The van der Waals surface area contributed by atoms with Gasteiger partial charge in [-0.15, -0.1) is 0 Å². The third kappa shape index (κ3) is 3.81. The predicted molar refractivity (Wildman–Crippen MR) is 49.4 cm³/mol. The van der Waals surface area contributed by atoms with Gasteiger partial charge < -0.3 is 17.5 Å². The van der Waals surface area contributed by atoms with E-state index in [0.29, 0.717) is 11.4 Å². The van der Waals surface area contributed by atoms with Crippen LogP contribution in [0.3, 0.4) is 0 Å². The standard InChI is InChI=1S/C9H11F2NS.K/c1-12(2)5-6-8(13)4-3-7(10)9(6)11;/h3-4,13H,5H2,1-2H3;/q;+1/p-1. The molecule has 0 aliphatic heterocycles. The molecular weight excluding hydrogens is 231 g/mol. The maximum absolute atomic E-state index is 13.2. The summed E-state index contributed by atoms with van der Waals surface area (Å²) in [6.07, 6.45) is 0. The molecule has 1 aromatic rings. The Kier molecular flexibility index (Phi) is 6.89. The van der Waals surface area contributed by atoms with E-state index in [9.17, 15) is 8.78 Å². The molecule has 1 aromatic carbocycles. The van der Waals surface area contributed by atoms with Crippen molar-refractivity contribution >= 4 is 12.6 Å². The van der Waals surface area contributed by atoms with E-state index < -0.39 is 11.6 Å². The molecule has 1 rings (SSSR count). The Morgan fingerprint density at radius 1 is 1.29 bits per heavy atom. The Hall–Kier alpha value is 0.896. The third-order valence-electron chi connectivity index (χ3n) is 1.63. The number of hydrogen-bond acceptors (Lipinski definition) is 2. The molecule has 14 heavy (non-hydrogen) atoms. The Labute approximate surface area is 131 Å². The van der Waals surface area contributed by atoms with Crippen LogP contribution in [-0.4, -0.2) is 19.0 Å². The van der Waals surface area contributed by atoms with Crippen molar-refractivity contribution in [3.63, 3.8) is 0 Å². The molecule has 72 valence electrons. The SMILES string of the molecule is CN(C)Cc1c([S-])ccc(F)c1F.[K+]. The van der Waals surface area contributed by atoms with E-state index in [1.54, 1.807) is 19.0 Å². The van der Waals surface area contributed by atoms with E-state index in [0.717, 1.165) is 6.07 Å². The van der Waals surface area contributed by atoms with Gasteiger partial charge in [-0.05, 0) is 25.7 Å². The van der Waals surface area contributed by atoms with Crippen molar-refractivity contribution in [3.05, 3.63) is 29.3 Å². The first-order valence-electron chi connectivity index (χ1n) is 3.81. The maximum Gasteiger partial charge on any atom is 1.00 e. The molecule has 0 saturated carbocycles. The van der Waals surface area contributed by atoms with Gasteiger partial charge in [0.25, 0.3) is 0 Å². The molecule has 5 heteroatoms. The minimum Gasteiger partial charge on any atom is -0.779 e. The fraction of sp³-hybridized carbons (Fsp3) is 0.333. The van der Waals surface area contributed by atoms with Gasteiger partial charge in [0, 0.05) is 6.54 Å². The Morgan fingerprint density at radius 2 is 1.86 bits per heavy atom. The minimum absolute atomic E-state index is 0. The van der Waals surface area contributed by atoms with Crippen LogP contribution in [0.15, 0.2) is 17.0 Å². The molecule has 0 spiro atoms. The molecule has 0 radical (unpaired) electrons. The summed E-state index contributed by atoms with van der Waals surface area (Å²) in [6, 6.07) is 2.46. The van der Waals surface area contributed by atoms with Crippen LogP contribution in [0.5, 0.6) is 0 Å². The zero-order chi connectivity index (χ0) is 10.0. The smallest absolute Gasteiger partial charge is 0.779 e.